The van der Waals surface area contributed by atoms with Gasteiger partial charge < -0.3 is 9.47 Å². The van der Waals surface area contributed by atoms with Crippen LogP contribution in [0.5, 0.6) is 0 Å². The van der Waals surface area contributed by atoms with Crippen molar-refractivity contribution in [1.29, 1.82) is 0 Å². The molecule has 0 aromatic rings. The summed E-state index contributed by atoms with van der Waals surface area (Å²) in [6.07, 6.45) is 1.28. The molecule has 0 bridgehead atoms. The molecule has 0 saturated carbocycles. The summed E-state index contributed by atoms with van der Waals surface area (Å²) in [7, 11) is 0. The van der Waals surface area contributed by atoms with Crippen LogP contribution in [0.25, 0.3) is 0 Å². The van der Waals surface area contributed by atoms with E-state index in [1.807, 2.05) is 6.92 Å². The quantitative estimate of drug-likeness (QED) is 0.327. The van der Waals surface area contributed by atoms with E-state index in [9.17, 15) is 4.79 Å². The summed E-state index contributed by atoms with van der Waals surface area (Å²) in [5.41, 5.74) is 0. The van der Waals surface area contributed by atoms with E-state index in [-0.39, 0.29) is 6.61 Å². The molecule has 14 heavy (non-hydrogen) atoms. The minimum Gasteiger partial charge on any atom is -0.434 e. The first-order chi connectivity index (χ1) is 6.57. The Morgan fingerprint density at radius 3 is 2.50 bits per heavy atom. The summed E-state index contributed by atoms with van der Waals surface area (Å²) in [6, 6.07) is 0. The lowest BCUT2D eigenvalue weighted by Crippen LogP contribution is -2.09. The molecule has 0 radical (unpaired) electrons. The zero-order chi connectivity index (χ0) is 11.0. The van der Waals surface area contributed by atoms with Crippen molar-refractivity contribution < 1.29 is 14.3 Å². The van der Waals surface area contributed by atoms with Gasteiger partial charge in [0.15, 0.2) is 0 Å². The van der Waals surface area contributed by atoms with Gasteiger partial charge in [0.25, 0.3) is 0 Å². The van der Waals surface area contributed by atoms with Gasteiger partial charge in [-0.3, -0.25) is 0 Å². The largest absolute Gasteiger partial charge is 0.508 e. The fraction of sp³-hybridized carbons (Fsp3) is 0.625. The highest BCUT2D eigenvalue weighted by atomic mass is 127. The van der Waals surface area contributed by atoms with E-state index in [0.29, 0.717) is 6.61 Å². The smallest absolute Gasteiger partial charge is 0.434 e. The molecule has 0 fully saturated rings. The first-order valence-corrected chi connectivity index (χ1v) is 7.02. The third kappa shape index (κ3) is 8.27. The van der Waals surface area contributed by atoms with Crippen LogP contribution < -0.4 is 0 Å². The average molecular weight is 489 g/mol. The Hall–Kier alpha value is 0.950. The lowest BCUT2D eigenvalue weighted by Gasteiger charge is -2.05. The summed E-state index contributed by atoms with van der Waals surface area (Å²) in [5.74, 6) is 0. The fourth-order valence-electron chi connectivity index (χ4n) is 0.518. The first kappa shape index (κ1) is 14.9. The second-order valence-electron chi connectivity index (χ2n) is 2.41. The lowest BCUT2D eigenvalue weighted by molar-refractivity contribution is 0.0621. The monoisotopic (exact) mass is 488 g/mol. The van der Waals surface area contributed by atoms with Crippen LogP contribution in [0.2, 0.25) is 0 Å². The van der Waals surface area contributed by atoms with Crippen LogP contribution in [0.3, 0.4) is 0 Å². The number of halogens is 3. The molecule has 0 unspecified atom stereocenters. The minimum absolute atomic E-state index is 0.259. The Morgan fingerprint density at radius 1 is 1.36 bits per heavy atom. The second kappa shape index (κ2) is 9.20. The van der Waals surface area contributed by atoms with Gasteiger partial charge in [0, 0.05) is 3.58 Å². The van der Waals surface area contributed by atoms with E-state index in [1.165, 1.54) is 0 Å². The second-order valence-corrected chi connectivity index (χ2v) is 7.06. The zero-order valence-corrected chi connectivity index (χ0v) is 13.6. The number of hydrogen-bond acceptors (Lipinski definition) is 3. The molecule has 0 aromatic heterocycles. The van der Waals surface area contributed by atoms with E-state index >= 15 is 0 Å². The molecule has 0 amide bonds. The van der Waals surface area contributed by atoms with E-state index < -0.39 is 6.16 Å². The number of rotatable bonds is 5. The van der Waals surface area contributed by atoms with Crippen LogP contribution in [-0.2, 0) is 9.47 Å². The molecule has 3 nitrogen and oxygen atoms in total. The van der Waals surface area contributed by atoms with E-state index in [0.717, 1.165) is 18.9 Å². The van der Waals surface area contributed by atoms with Crippen molar-refractivity contribution in [3.63, 3.8) is 0 Å². The molecule has 0 aromatic carbocycles. The highest BCUT2D eigenvalue weighted by Gasteiger charge is 2.05. The molecule has 82 valence electrons. The maximum absolute atomic E-state index is 11.0. The van der Waals surface area contributed by atoms with Crippen LogP contribution in [-0.4, -0.2) is 19.4 Å². The third-order valence-corrected chi connectivity index (χ3v) is 4.99. The van der Waals surface area contributed by atoms with Crippen molar-refractivity contribution in [2.45, 2.75) is 19.8 Å². The van der Waals surface area contributed by atoms with Crippen LogP contribution >= 0.6 is 61.1 Å². The molecule has 0 aliphatic rings. The van der Waals surface area contributed by atoms with E-state index in [1.54, 1.807) is 0 Å². The van der Waals surface area contributed by atoms with Crippen molar-refractivity contribution >= 4 is 67.3 Å². The molecule has 0 N–H and O–H groups in total. The third-order valence-electron chi connectivity index (χ3n) is 1.24. The molecule has 0 rings (SSSR count). The maximum atomic E-state index is 11.0. The normalized spacial score (nSPS) is 12.0. The van der Waals surface area contributed by atoms with Crippen molar-refractivity contribution in [1.82, 2.24) is 0 Å². The van der Waals surface area contributed by atoms with E-state index in [2.05, 4.69) is 61.1 Å². The maximum Gasteiger partial charge on any atom is 0.508 e. The molecule has 0 atom stereocenters. The summed E-state index contributed by atoms with van der Waals surface area (Å²) < 4.78 is 11.5. The number of unbranched alkanes of at least 4 members (excludes halogenated alkanes) is 1. The molecular formula is C8H11BrI2O3. The lowest BCUT2D eigenvalue weighted by atomic mass is 10.4. The molecule has 0 heterocycles. The average Bonchev–Trinajstić information content (AvgIpc) is 2.14. The summed E-state index contributed by atoms with van der Waals surface area (Å²) in [4.78, 5) is 11.0. The first-order valence-electron chi connectivity index (χ1n) is 4.07. The topological polar surface area (TPSA) is 35.5 Å². The van der Waals surface area contributed by atoms with Crippen molar-refractivity contribution in [2.24, 2.45) is 0 Å². The SMILES string of the molecule is CCCCOC(=O)OC/C(I)=C(\Br)I. The Morgan fingerprint density at radius 2 is 2.00 bits per heavy atom. The Bertz CT molecular complexity index is 215. The number of hydrogen-bond donors (Lipinski definition) is 0. The van der Waals surface area contributed by atoms with Gasteiger partial charge in [0.05, 0.1) is 9.10 Å². The van der Waals surface area contributed by atoms with Gasteiger partial charge in [-0.1, -0.05) is 13.3 Å². The molecule has 0 aliphatic carbocycles. The highest BCUT2D eigenvalue weighted by molar-refractivity contribution is 14.1. The van der Waals surface area contributed by atoms with Gasteiger partial charge in [-0.2, -0.15) is 0 Å². The van der Waals surface area contributed by atoms with Gasteiger partial charge in [-0.15, -0.1) is 0 Å². The fourth-order valence-corrected chi connectivity index (χ4v) is 0.944. The Kier molecular flexibility index (Phi) is 9.82. The van der Waals surface area contributed by atoms with Gasteiger partial charge in [-0.05, 0) is 67.5 Å². The van der Waals surface area contributed by atoms with Gasteiger partial charge in [0.1, 0.15) is 6.61 Å². The molecule has 6 heteroatoms. The van der Waals surface area contributed by atoms with Gasteiger partial charge in [0.2, 0.25) is 0 Å². The van der Waals surface area contributed by atoms with Crippen LogP contribution in [0, 0.1) is 0 Å². The minimum atomic E-state index is -0.599. The molecular weight excluding hydrogens is 478 g/mol. The highest BCUT2D eigenvalue weighted by Crippen LogP contribution is 2.24. The van der Waals surface area contributed by atoms with Crippen LogP contribution in [0.15, 0.2) is 6.07 Å². The van der Waals surface area contributed by atoms with Gasteiger partial charge >= 0.3 is 6.16 Å². The van der Waals surface area contributed by atoms with E-state index in [4.69, 9.17) is 9.47 Å². The van der Waals surface area contributed by atoms with Crippen molar-refractivity contribution in [2.75, 3.05) is 13.2 Å². The molecule has 0 saturated heterocycles. The number of ether oxygens (including phenoxy) is 2. The van der Waals surface area contributed by atoms with Crippen molar-refractivity contribution in [3.05, 3.63) is 6.07 Å². The summed E-state index contributed by atoms with van der Waals surface area (Å²) in [6.45, 7) is 2.73. The standard InChI is InChI=1S/C8H11BrI2O3/c1-2-3-4-13-8(12)14-5-6(10)7(9)11/h2-5H2,1H3/b7-6-. The number of carbonyl (C=O) groups excluding carboxylic acids is 1. The summed E-state index contributed by atoms with van der Waals surface area (Å²) in [5, 5.41) is 0. The molecule has 0 aliphatic heterocycles. The van der Waals surface area contributed by atoms with Crippen LogP contribution in [0.1, 0.15) is 19.8 Å². The summed E-state index contributed by atoms with van der Waals surface area (Å²) >= 11 is 7.49. The van der Waals surface area contributed by atoms with Gasteiger partial charge in [-0.25, -0.2) is 4.79 Å². The predicted molar refractivity (Wildman–Crippen MR) is 76.2 cm³/mol. The Labute approximate surface area is 119 Å². The van der Waals surface area contributed by atoms with Crippen LogP contribution in [0.4, 0.5) is 4.79 Å². The zero-order valence-electron chi connectivity index (χ0n) is 7.69. The predicted octanol–water partition coefficient (Wildman–Crippen LogP) is 4.37. The number of carbonyl (C=O) groups is 1. The van der Waals surface area contributed by atoms with Crippen molar-refractivity contribution in [3.8, 4) is 0 Å². The molecule has 0 spiro atoms. The Balaban J connectivity index is 3.59.